The molecule has 0 radical (unpaired) electrons. The highest BCUT2D eigenvalue weighted by atomic mass is 28.4. The summed E-state index contributed by atoms with van der Waals surface area (Å²) in [5.74, 6) is 2.44. The van der Waals surface area contributed by atoms with E-state index < -0.39 is 8.56 Å². The van der Waals surface area contributed by atoms with Crippen LogP contribution in [0.25, 0.3) is 0 Å². The zero-order chi connectivity index (χ0) is 16.2. The van der Waals surface area contributed by atoms with Gasteiger partial charge in [-0.2, -0.15) is 0 Å². The summed E-state index contributed by atoms with van der Waals surface area (Å²) in [5, 5.41) is 0. The summed E-state index contributed by atoms with van der Waals surface area (Å²) in [5.41, 5.74) is 1.42. The molecule has 2 fully saturated rings. The molecular weight excluding hydrogens is 288 g/mol. The fraction of sp³-hybridized carbons (Fsp3) is 1.00. The van der Waals surface area contributed by atoms with Crippen LogP contribution in [-0.2, 0) is 8.85 Å². The van der Waals surface area contributed by atoms with Gasteiger partial charge in [0.1, 0.15) is 0 Å². The maximum atomic E-state index is 6.63. The van der Waals surface area contributed by atoms with E-state index in [1.54, 1.807) is 0 Å². The highest BCUT2D eigenvalue weighted by Crippen LogP contribution is 2.53. The Bertz CT molecular complexity index is 327. The second-order valence-corrected chi connectivity index (χ2v) is 11.5. The maximum absolute atomic E-state index is 6.63. The predicted molar refractivity (Wildman–Crippen MR) is 96.3 cm³/mol. The van der Waals surface area contributed by atoms with Crippen molar-refractivity contribution in [3.63, 3.8) is 0 Å². The third-order valence-corrected chi connectivity index (χ3v) is 11.5. The number of hydrogen-bond acceptors (Lipinski definition) is 2. The molecule has 2 aliphatic rings. The van der Waals surface area contributed by atoms with Crippen molar-refractivity contribution < 1.29 is 8.85 Å². The van der Waals surface area contributed by atoms with Gasteiger partial charge in [0.25, 0.3) is 0 Å². The van der Waals surface area contributed by atoms with Gasteiger partial charge >= 0.3 is 8.56 Å². The Labute approximate surface area is 139 Å². The molecule has 0 amide bonds. The maximum Gasteiger partial charge on any atom is 0.344 e. The molecule has 3 heteroatoms. The second kappa shape index (κ2) is 8.30. The zero-order valence-electron chi connectivity index (χ0n) is 15.6. The van der Waals surface area contributed by atoms with Gasteiger partial charge in [-0.3, -0.25) is 0 Å². The van der Waals surface area contributed by atoms with Gasteiger partial charge in [-0.15, -0.1) is 0 Å². The van der Waals surface area contributed by atoms with Crippen molar-refractivity contribution in [2.75, 3.05) is 13.2 Å². The first-order valence-corrected chi connectivity index (χ1v) is 11.8. The van der Waals surface area contributed by atoms with Gasteiger partial charge in [-0.1, -0.05) is 46.5 Å². The van der Waals surface area contributed by atoms with E-state index in [2.05, 4.69) is 34.6 Å². The average molecular weight is 327 g/mol. The Balaban J connectivity index is 2.29. The van der Waals surface area contributed by atoms with Gasteiger partial charge in [0.15, 0.2) is 0 Å². The molecule has 2 nitrogen and oxygen atoms in total. The van der Waals surface area contributed by atoms with E-state index in [0.717, 1.165) is 31.0 Å². The van der Waals surface area contributed by atoms with Crippen LogP contribution in [0.2, 0.25) is 11.1 Å². The van der Waals surface area contributed by atoms with Gasteiger partial charge < -0.3 is 8.85 Å². The fourth-order valence-corrected chi connectivity index (χ4v) is 10.7. The zero-order valence-corrected chi connectivity index (χ0v) is 16.6. The number of hydrogen-bond donors (Lipinski definition) is 0. The molecule has 0 spiro atoms. The van der Waals surface area contributed by atoms with Crippen LogP contribution in [-0.4, -0.2) is 21.8 Å². The van der Waals surface area contributed by atoms with Crippen molar-refractivity contribution in [3.8, 4) is 0 Å². The molecule has 0 heterocycles. The lowest BCUT2D eigenvalue weighted by molar-refractivity contribution is 0.121. The minimum Gasteiger partial charge on any atom is -0.394 e. The van der Waals surface area contributed by atoms with E-state index in [1.807, 2.05) is 0 Å². The van der Waals surface area contributed by atoms with Crippen molar-refractivity contribution in [3.05, 3.63) is 0 Å². The average Bonchev–Trinajstić information content (AvgIpc) is 2.50. The molecule has 130 valence electrons. The molecule has 2 saturated carbocycles. The molecule has 2 rings (SSSR count). The monoisotopic (exact) mass is 326 g/mol. The SMILES string of the molecule is CCO[Si](OCC)(C1CCCC(C)C1)C1CCCC(C)C1C. The van der Waals surface area contributed by atoms with Crippen LogP contribution in [0.15, 0.2) is 0 Å². The molecule has 0 aromatic rings. The normalized spacial score (nSPS) is 37.2. The van der Waals surface area contributed by atoms with Crippen LogP contribution in [0.3, 0.4) is 0 Å². The van der Waals surface area contributed by atoms with Gasteiger partial charge in [-0.25, -0.2) is 0 Å². The Morgan fingerprint density at radius 2 is 1.50 bits per heavy atom. The summed E-state index contributed by atoms with van der Waals surface area (Å²) < 4.78 is 13.3. The Hall–Kier alpha value is 0.137. The fourth-order valence-electron chi connectivity index (χ4n) is 5.19. The third kappa shape index (κ3) is 3.79. The molecule has 0 aromatic heterocycles. The minimum absolute atomic E-state index is 0.700. The molecule has 0 N–H and O–H groups in total. The highest BCUT2D eigenvalue weighted by molar-refractivity contribution is 6.70. The Morgan fingerprint density at radius 3 is 2.09 bits per heavy atom. The standard InChI is InChI=1S/C19H38O2Si/c1-6-20-22(21-7-2,18-12-8-10-15(3)14-18)19-13-9-11-16(4)17(19)5/h15-19H,6-14H2,1-5H3. The molecule has 5 atom stereocenters. The minimum atomic E-state index is -2.14. The van der Waals surface area contributed by atoms with Crippen LogP contribution < -0.4 is 0 Å². The molecule has 5 unspecified atom stereocenters. The van der Waals surface area contributed by atoms with E-state index in [0.29, 0.717) is 11.1 Å². The van der Waals surface area contributed by atoms with Crippen LogP contribution in [0.4, 0.5) is 0 Å². The molecule has 2 aliphatic carbocycles. The lowest BCUT2D eigenvalue weighted by Crippen LogP contribution is -2.55. The summed E-state index contributed by atoms with van der Waals surface area (Å²) >= 11 is 0. The van der Waals surface area contributed by atoms with Gasteiger partial charge in [0, 0.05) is 24.3 Å². The van der Waals surface area contributed by atoms with Crippen molar-refractivity contribution in [1.82, 2.24) is 0 Å². The van der Waals surface area contributed by atoms with Crippen LogP contribution >= 0.6 is 0 Å². The van der Waals surface area contributed by atoms with E-state index in [9.17, 15) is 0 Å². The van der Waals surface area contributed by atoms with Gasteiger partial charge in [-0.05, 0) is 50.9 Å². The van der Waals surface area contributed by atoms with E-state index in [-0.39, 0.29) is 0 Å². The first-order chi connectivity index (χ1) is 10.5. The van der Waals surface area contributed by atoms with E-state index >= 15 is 0 Å². The Kier molecular flexibility index (Phi) is 6.97. The first-order valence-electron chi connectivity index (χ1n) is 9.83. The summed E-state index contributed by atoms with van der Waals surface area (Å²) in [4.78, 5) is 0. The number of rotatable bonds is 6. The lowest BCUT2D eigenvalue weighted by atomic mass is 9.81. The topological polar surface area (TPSA) is 18.5 Å². The first kappa shape index (κ1) is 18.5. The van der Waals surface area contributed by atoms with Crippen LogP contribution in [0.5, 0.6) is 0 Å². The van der Waals surface area contributed by atoms with Crippen molar-refractivity contribution >= 4 is 8.56 Å². The second-order valence-electron chi connectivity index (χ2n) is 7.93. The molecule has 0 saturated heterocycles. The van der Waals surface area contributed by atoms with Gasteiger partial charge in [0.2, 0.25) is 0 Å². The largest absolute Gasteiger partial charge is 0.394 e. The third-order valence-electron chi connectivity index (χ3n) is 6.47. The van der Waals surface area contributed by atoms with Crippen molar-refractivity contribution in [2.45, 2.75) is 90.6 Å². The van der Waals surface area contributed by atoms with E-state index in [4.69, 9.17) is 8.85 Å². The lowest BCUT2D eigenvalue weighted by Gasteiger charge is -2.49. The molecule has 0 aromatic carbocycles. The van der Waals surface area contributed by atoms with Crippen LogP contribution in [0, 0.1) is 17.8 Å². The van der Waals surface area contributed by atoms with E-state index in [1.165, 1.54) is 44.9 Å². The summed E-state index contributed by atoms with van der Waals surface area (Å²) in [7, 11) is -2.14. The Morgan fingerprint density at radius 1 is 0.864 bits per heavy atom. The van der Waals surface area contributed by atoms with Crippen LogP contribution in [0.1, 0.15) is 79.6 Å². The van der Waals surface area contributed by atoms with Crippen molar-refractivity contribution in [1.29, 1.82) is 0 Å². The summed E-state index contributed by atoms with van der Waals surface area (Å²) in [6.45, 7) is 13.3. The summed E-state index contributed by atoms with van der Waals surface area (Å²) in [6, 6.07) is 0. The predicted octanol–water partition coefficient (Wildman–Crippen LogP) is 5.91. The molecule has 22 heavy (non-hydrogen) atoms. The molecule has 0 aliphatic heterocycles. The summed E-state index contributed by atoms with van der Waals surface area (Å²) in [6.07, 6.45) is 9.54. The highest BCUT2D eigenvalue weighted by Gasteiger charge is 2.55. The van der Waals surface area contributed by atoms with Crippen molar-refractivity contribution in [2.24, 2.45) is 17.8 Å². The molecular formula is C19H38O2Si. The quantitative estimate of drug-likeness (QED) is 0.565. The smallest absolute Gasteiger partial charge is 0.344 e. The molecule has 0 bridgehead atoms. The van der Waals surface area contributed by atoms with Gasteiger partial charge in [0.05, 0.1) is 0 Å².